The van der Waals surface area contributed by atoms with Crippen molar-refractivity contribution in [3.63, 3.8) is 0 Å². The van der Waals surface area contributed by atoms with E-state index < -0.39 is 11.5 Å². The molecule has 1 aliphatic rings. The predicted molar refractivity (Wildman–Crippen MR) is 132 cm³/mol. The highest BCUT2D eigenvalue weighted by Gasteiger charge is 2.20. The number of aliphatic hydroxyl groups excluding tert-OH is 1. The van der Waals surface area contributed by atoms with Crippen LogP contribution in [0.25, 0.3) is 5.57 Å². The second-order valence-corrected chi connectivity index (χ2v) is 7.70. The number of fused-ring (bicyclic) bond motifs is 1. The van der Waals surface area contributed by atoms with Crippen LogP contribution in [0.5, 0.6) is 11.5 Å². The summed E-state index contributed by atoms with van der Waals surface area (Å²) in [5, 5.41) is 24.6. The fourth-order valence-corrected chi connectivity index (χ4v) is 3.69. The van der Waals surface area contributed by atoms with Crippen molar-refractivity contribution in [1.29, 1.82) is 5.26 Å². The van der Waals surface area contributed by atoms with Crippen LogP contribution in [0.2, 0.25) is 0 Å². The predicted octanol–water partition coefficient (Wildman–Crippen LogP) is 2.04. The maximum Gasteiger partial charge on any atom is 0.263 e. The Balaban J connectivity index is 1.95. The number of hydrogen-bond acceptors (Lipinski definition) is 7. The van der Waals surface area contributed by atoms with Crippen molar-refractivity contribution in [2.45, 2.75) is 13.5 Å². The molecule has 182 valence electrons. The van der Waals surface area contributed by atoms with Crippen LogP contribution in [0.15, 0.2) is 65.3 Å². The summed E-state index contributed by atoms with van der Waals surface area (Å²) in [6, 6.07) is 9.00. The van der Waals surface area contributed by atoms with Crippen molar-refractivity contribution in [3.05, 3.63) is 87.5 Å². The van der Waals surface area contributed by atoms with E-state index in [0.717, 1.165) is 0 Å². The molecule has 3 rings (SSSR count). The molecule has 0 radical (unpaired) electrons. The van der Waals surface area contributed by atoms with Crippen molar-refractivity contribution >= 4 is 11.5 Å². The standard InChI is InChI=1S/C26H28N4O5/c1-4-19(18-6-7-23-24(13-18)35-11-10-34-23)21(14-27)22(5-2)29-25(32)20-12-17(15-28-8-9-31)16-30(3)26(20)33/h4-7,12-13,16,28,31H,2,8-11,15H2,1,3H3,(H,29,32)/b19-4-,22-21+. The van der Waals surface area contributed by atoms with Crippen LogP contribution in [0.4, 0.5) is 0 Å². The van der Waals surface area contributed by atoms with Gasteiger partial charge >= 0.3 is 0 Å². The van der Waals surface area contributed by atoms with Gasteiger partial charge in [0.25, 0.3) is 11.5 Å². The number of hydrogen-bond donors (Lipinski definition) is 3. The fourth-order valence-electron chi connectivity index (χ4n) is 3.69. The van der Waals surface area contributed by atoms with E-state index in [-0.39, 0.29) is 23.4 Å². The lowest BCUT2D eigenvalue weighted by Crippen LogP contribution is -2.32. The summed E-state index contributed by atoms with van der Waals surface area (Å²) in [5.41, 5.74) is 1.77. The van der Waals surface area contributed by atoms with Crippen LogP contribution < -0.4 is 25.7 Å². The van der Waals surface area contributed by atoms with E-state index in [1.54, 1.807) is 44.4 Å². The number of carbonyl (C=O) groups excluding carboxylic acids is 1. The van der Waals surface area contributed by atoms with Gasteiger partial charge in [-0.1, -0.05) is 18.7 Å². The average molecular weight is 477 g/mol. The topological polar surface area (TPSA) is 126 Å². The second kappa shape index (κ2) is 11.8. The molecule has 9 heteroatoms. The number of ether oxygens (including phenoxy) is 2. The normalized spacial score (nSPS) is 13.5. The molecule has 2 heterocycles. The lowest BCUT2D eigenvalue weighted by molar-refractivity contribution is 0.0965. The number of pyridine rings is 1. The van der Waals surface area contributed by atoms with E-state index in [4.69, 9.17) is 14.6 Å². The Hall–Kier alpha value is -4.13. The molecule has 2 aromatic rings. The quantitative estimate of drug-likeness (QED) is 0.287. The molecule has 0 unspecified atom stereocenters. The minimum Gasteiger partial charge on any atom is -0.486 e. The third-order valence-electron chi connectivity index (χ3n) is 5.35. The molecule has 0 bridgehead atoms. The van der Waals surface area contributed by atoms with Crippen LogP contribution in [0, 0.1) is 11.3 Å². The molecule has 35 heavy (non-hydrogen) atoms. The van der Waals surface area contributed by atoms with Gasteiger partial charge in [-0.25, -0.2) is 0 Å². The van der Waals surface area contributed by atoms with E-state index in [0.29, 0.717) is 54.5 Å². The number of rotatable bonds is 9. The number of aromatic nitrogens is 1. The Morgan fingerprint density at radius 2 is 2.03 bits per heavy atom. The Kier molecular flexibility index (Phi) is 8.62. The van der Waals surface area contributed by atoms with Crippen LogP contribution in [-0.4, -0.2) is 41.9 Å². The third-order valence-corrected chi connectivity index (χ3v) is 5.35. The summed E-state index contributed by atoms with van der Waals surface area (Å²) >= 11 is 0. The number of nitrogens with one attached hydrogen (secondary N) is 2. The van der Waals surface area contributed by atoms with Gasteiger partial charge in [-0.2, -0.15) is 5.26 Å². The lowest BCUT2D eigenvalue weighted by Gasteiger charge is -2.20. The zero-order valence-corrected chi connectivity index (χ0v) is 19.8. The van der Waals surface area contributed by atoms with E-state index >= 15 is 0 Å². The largest absolute Gasteiger partial charge is 0.486 e. The Labute approximate surface area is 203 Å². The number of aliphatic hydroxyl groups is 1. The summed E-state index contributed by atoms with van der Waals surface area (Å²) in [6.07, 6.45) is 4.75. The van der Waals surface area contributed by atoms with Gasteiger partial charge in [0.2, 0.25) is 0 Å². The molecule has 0 spiro atoms. The Morgan fingerprint density at radius 1 is 1.29 bits per heavy atom. The van der Waals surface area contributed by atoms with Gasteiger partial charge in [-0.3, -0.25) is 9.59 Å². The van der Waals surface area contributed by atoms with E-state index in [1.165, 1.54) is 16.7 Å². The molecule has 3 N–H and O–H groups in total. The molecular weight excluding hydrogens is 448 g/mol. The highest BCUT2D eigenvalue weighted by molar-refractivity contribution is 5.96. The first-order chi connectivity index (χ1) is 16.9. The molecule has 0 aliphatic carbocycles. The number of allylic oxidation sites excluding steroid dienone is 4. The first kappa shape index (κ1) is 25.5. The molecule has 1 aliphatic heterocycles. The molecule has 0 saturated heterocycles. The lowest BCUT2D eigenvalue weighted by atomic mass is 9.96. The molecule has 1 aromatic heterocycles. The molecule has 0 fully saturated rings. The molecule has 0 saturated carbocycles. The Bertz CT molecular complexity index is 1280. The number of nitrogens with zero attached hydrogens (tertiary/aromatic N) is 2. The van der Waals surface area contributed by atoms with Crippen molar-refractivity contribution in [2.24, 2.45) is 7.05 Å². The SMILES string of the molecule is C=C/C(NC(=O)c1cc(CNCCO)cn(C)c1=O)=C(C#N)\C(=C/C)c1ccc2c(c1)OCCO2. The van der Waals surface area contributed by atoms with Crippen LogP contribution in [-0.2, 0) is 13.6 Å². The van der Waals surface area contributed by atoms with Crippen LogP contribution in [0.3, 0.4) is 0 Å². The minimum atomic E-state index is -0.658. The van der Waals surface area contributed by atoms with Gasteiger partial charge in [0.05, 0.1) is 17.9 Å². The van der Waals surface area contributed by atoms with Gasteiger partial charge in [0.15, 0.2) is 11.5 Å². The second-order valence-electron chi connectivity index (χ2n) is 7.70. The highest BCUT2D eigenvalue weighted by atomic mass is 16.6. The number of amides is 1. The Morgan fingerprint density at radius 3 is 2.69 bits per heavy atom. The average Bonchev–Trinajstić information content (AvgIpc) is 2.87. The maximum atomic E-state index is 13.1. The highest BCUT2D eigenvalue weighted by Crippen LogP contribution is 2.35. The van der Waals surface area contributed by atoms with E-state index in [1.807, 2.05) is 0 Å². The fraction of sp³-hybridized carbons (Fsp3) is 0.269. The zero-order valence-electron chi connectivity index (χ0n) is 19.8. The van der Waals surface area contributed by atoms with Crippen molar-refractivity contribution in [1.82, 2.24) is 15.2 Å². The molecular formula is C26H28N4O5. The van der Waals surface area contributed by atoms with Crippen molar-refractivity contribution in [2.75, 3.05) is 26.4 Å². The number of benzene rings is 1. The molecule has 1 amide bonds. The zero-order chi connectivity index (χ0) is 25.4. The van der Waals surface area contributed by atoms with Gasteiger partial charge in [-0.05, 0) is 47.9 Å². The van der Waals surface area contributed by atoms with Gasteiger partial charge in [-0.15, -0.1) is 0 Å². The number of nitriles is 1. The summed E-state index contributed by atoms with van der Waals surface area (Å²) in [7, 11) is 1.55. The van der Waals surface area contributed by atoms with Gasteiger partial charge < -0.3 is 29.8 Å². The summed E-state index contributed by atoms with van der Waals surface area (Å²) < 4.78 is 12.5. The number of aryl methyl sites for hydroxylation is 1. The minimum absolute atomic E-state index is 0.0276. The molecule has 1 aromatic carbocycles. The molecule has 9 nitrogen and oxygen atoms in total. The van der Waals surface area contributed by atoms with Crippen molar-refractivity contribution in [3.8, 4) is 17.6 Å². The van der Waals surface area contributed by atoms with Gasteiger partial charge in [0, 0.05) is 26.3 Å². The van der Waals surface area contributed by atoms with Crippen LogP contribution >= 0.6 is 0 Å². The first-order valence-electron chi connectivity index (χ1n) is 11.1. The van der Waals surface area contributed by atoms with Crippen LogP contribution in [0.1, 0.15) is 28.4 Å². The van der Waals surface area contributed by atoms with E-state index in [9.17, 15) is 14.9 Å². The van der Waals surface area contributed by atoms with E-state index in [2.05, 4.69) is 23.3 Å². The molecule has 0 atom stereocenters. The van der Waals surface area contributed by atoms with Crippen molar-refractivity contribution < 1.29 is 19.4 Å². The smallest absolute Gasteiger partial charge is 0.263 e. The van der Waals surface area contributed by atoms with Gasteiger partial charge in [0.1, 0.15) is 24.8 Å². The summed E-state index contributed by atoms with van der Waals surface area (Å²) in [5.74, 6) is 0.541. The summed E-state index contributed by atoms with van der Waals surface area (Å²) in [4.78, 5) is 25.7. The maximum absolute atomic E-state index is 13.1. The monoisotopic (exact) mass is 476 g/mol. The summed E-state index contributed by atoms with van der Waals surface area (Å²) in [6.45, 7) is 7.16. The third kappa shape index (κ3) is 5.87. The number of carbonyl (C=O) groups is 1. The first-order valence-corrected chi connectivity index (χ1v) is 11.1.